The molecule has 3 heteroatoms. The normalized spacial score (nSPS) is 15.9. The zero-order chi connectivity index (χ0) is 11.7. The fourth-order valence-electron chi connectivity index (χ4n) is 2.51. The average Bonchev–Trinajstić information content (AvgIpc) is 2.53. The van der Waals surface area contributed by atoms with E-state index in [9.17, 15) is 0 Å². The Kier molecular flexibility index (Phi) is 3.33. The van der Waals surface area contributed by atoms with Gasteiger partial charge in [-0.3, -0.25) is 0 Å². The Hall–Kier alpha value is -0.830. The van der Waals surface area contributed by atoms with Crippen molar-refractivity contribution < 1.29 is 0 Å². The highest BCUT2D eigenvalue weighted by atomic mass is 15.1. The third-order valence-electron chi connectivity index (χ3n) is 3.10. The molecule has 1 aliphatic rings. The van der Waals surface area contributed by atoms with Gasteiger partial charge in [0, 0.05) is 37.7 Å². The SMILES string of the molecule is CC(C)Cc1nc2c(n1C(C)C)CCNC2. The minimum Gasteiger partial charge on any atom is -0.329 e. The second-order valence-electron chi connectivity index (χ2n) is 5.41. The van der Waals surface area contributed by atoms with Crippen LogP contribution in [0.5, 0.6) is 0 Å². The third-order valence-corrected chi connectivity index (χ3v) is 3.10. The van der Waals surface area contributed by atoms with E-state index in [4.69, 9.17) is 4.98 Å². The van der Waals surface area contributed by atoms with Crippen molar-refractivity contribution in [1.82, 2.24) is 14.9 Å². The van der Waals surface area contributed by atoms with E-state index >= 15 is 0 Å². The zero-order valence-corrected chi connectivity index (χ0v) is 10.9. The zero-order valence-electron chi connectivity index (χ0n) is 10.9. The minimum absolute atomic E-state index is 0.531. The lowest BCUT2D eigenvalue weighted by molar-refractivity contribution is 0.505. The molecule has 90 valence electrons. The Bertz CT molecular complexity index is 363. The molecule has 0 atom stereocenters. The number of fused-ring (bicyclic) bond motifs is 1. The number of hydrogen-bond acceptors (Lipinski definition) is 2. The van der Waals surface area contributed by atoms with Crippen molar-refractivity contribution in [2.75, 3.05) is 6.54 Å². The van der Waals surface area contributed by atoms with Gasteiger partial charge < -0.3 is 9.88 Å². The molecule has 2 rings (SSSR count). The van der Waals surface area contributed by atoms with Gasteiger partial charge in [-0.15, -0.1) is 0 Å². The molecule has 1 aromatic heterocycles. The van der Waals surface area contributed by atoms with E-state index in [0.29, 0.717) is 12.0 Å². The maximum atomic E-state index is 4.81. The second kappa shape index (κ2) is 4.58. The van der Waals surface area contributed by atoms with Crippen molar-refractivity contribution in [3.63, 3.8) is 0 Å². The van der Waals surface area contributed by atoms with Gasteiger partial charge in [0.25, 0.3) is 0 Å². The summed E-state index contributed by atoms with van der Waals surface area (Å²) in [7, 11) is 0. The number of hydrogen-bond donors (Lipinski definition) is 1. The molecule has 0 saturated carbocycles. The molecule has 16 heavy (non-hydrogen) atoms. The molecule has 2 heterocycles. The maximum absolute atomic E-state index is 4.81. The first-order valence-electron chi connectivity index (χ1n) is 6.39. The van der Waals surface area contributed by atoms with Crippen LogP contribution in [0.25, 0.3) is 0 Å². The first-order valence-corrected chi connectivity index (χ1v) is 6.39. The third kappa shape index (κ3) is 2.14. The summed E-state index contributed by atoms with van der Waals surface area (Å²) >= 11 is 0. The van der Waals surface area contributed by atoms with Crippen LogP contribution in [0.2, 0.25) is 0 Å². The van der Waals surface area contributed by atoms with Crippen molar-refractivity contribution in [2.24, 2.45) is 5.92 Å². The molecule has 1 aromatic rings. The van der Waals surface area contributed by atoms with Crippen LogP contribution in [0.1, 0.15) is 50.9 Å². The number of nitrogens with zero attached hydrogens (tertiary/aromatic N) is 2. The van der Waals surface area contributed by atoms with Crippen LogP contribution in [0.15, 0.2) is 0 Å². The van der Waals surface area contributed by atoms with Crippen LogP contribution in [0.4, 0.5) is 0 Å². The Morgan fingerprint density at radius 3 is 2.69 bits per heavy atom. The monoisotopic (exact) mass is 221 g/mol. The van der Waals surface area contributed by atoms with E-state index < -0.39 is 0 Å². The van der Waals surface area contributed by atoms with Gasteiger partial charge in [0.2, 0.25) is 0 Å². The first kappa shape index (κ1) is 11.6. The molecule has 0 saturated heterocycles. The molecule has 1 aliphatic heterocycles. The fraction of sp³-hybridized carbons (Fsp3) is 0.769. The van der Waals surface area contributed by atoms with Crippen LogP contribution in [-0.2, 0) is 19.4 Å². The van der Waals surface area contributed by atoms with E-state index in [2.05, 4.69) is 37.6 Å². The molecular weight excluding hydrogens is 198 g/mol. The largest absolute Gasteiger partial charge is 0.329 e. The summed E-state index contributed by atoms with van der Waals surface area (Å²) in [4.78, 5) is 4.81. The highest BCUT2D eigenvalue weighted by molar-refractivity contribution is 5.21. The minimum atomic E-state index is 0.531. The van der Waals surface area contributed by atoms with Gasteiger partial charge in [-0.2, -0.15) is 0 Å². The predicted octanol–water partition coefficient (Wildman–Crippen LogP) is 2.31. The van der Waals surface area contributed by atoms with Crippen LogP contribution in [0.3, 0.4) is 0 Å². The van der Waals surface area contributed by atoms with Gasteiger partial charge in [-0.1, -0.05) is 13.8 Å². The van der Waals surface area contributed by atoms with E-state index in [1.54, 1.807) is 0 Å². The summed E-state index contributed by atoms with van der Waals surface area (Å²) in [5, 5.41) is 3.40. The van der Waals surface area contributed by atoms with Crippen LogP contribution < -0.4 is 5.32 Å². The van der Waals surface area contributed by atoms with Gasteiger partial charge >= 0.3 is 0 Å². The number of imidazole rings is 1. The van der Waals surface area contributed by atoms with Crippen molar-refractivity contribution in [3.8, 4) is 0 Å². The second-order valence-corrected chi connectivity index (χ2v) is 5.41. The smallest absolute Gasteiger partial charge is 0.109 e. The molecule has 0 unspecified atom stereocenters. The molecule has 0 spiro atoms. The lowest BCUT2D eigenvalue weighted by Crippen LogP contribution is -2.25. The van der Waals surface area contributed by atoms with E-state index in [-0.39, 0.29) is 0 Å². The van der Waals surface area contributed by atoms with Crippen LogP contribution >= 0.6 is 0 Å². The lowest BCUT2D eigenvalue weighted by Gasteiger charge is -2.19. The number of rotatable bonds is 3. The summed E-state index contributed by atoms with van der Waals surface area (Å²) in [6.45, 7) is 11.1. The summed E-state index contributed by atoms with van der Waals surface area (Å²) in [6, 6.07) is 0.531. The van der Waals surface area contributed by atoms with Gasteiger partial charge in [-0.05, 0) is 19.8 Å². The Labute approximate surface area is 98.3 Å². The quantitative estimate of drug-likeness (QED) is 0.849. The Balaban J connectivity index is 2.39. The van der Waals surface area contributed by atoms with Gasteiger partial charge in [-0.25, -0.2) is 4.98 Å². The lowest BCUT2D eigenvalue weighted by atomic mass is 10.1. The summed E-state index contributed by atoms with van der Waals surface area (Å²) < 4.78 is 2.45. The highest BCUT2D eigenvalue weighted by Crippen LogP contribution is 2.22. The number of nitrogens with one attached hydrogen (secondary N) is 1. The van der Waals surface area contributed by atoms with Crippen molar-refractivity contribution in [3.05, 3.63) is 17.2 Å². The van der Waals surface area contributed by atoms with Crippen molar-refractivity contribution in [2.45, 2.75) is 53.1 Å². The van der Waals surface area contributed by atoms with Crippen molar-refractivity contribution >= 4 is 0 Å². The Morgan fingerprint density at radius 1 is 1.31 bits per heavy atom. The number of aromatic nitrogens is 2. The molecule has 3 nitrogen and oxygen atoms in total. The van der Waals surface area contributed by atoms with Gasteiger partial charge in [0.05, 0.1) is 5.69 Å². The topological polar surface area (TPSA) is 29.9 Å². The summed E-state index contributed by atoms with van der Waals surface area (Å²) in [5.41, 5.74) is 2.74. The molecule has 0 aromatic carbocycles. The molecule has 0 bridgehead atoms. The van der Waals surface area contributed by atoms with E-state index in [0.717, 1.165) is 25.9 Å². The first-order chi connectivity index (χ1) is 7.59. The van der Waals surface area contributed by atoms with Gasteiger partial charge in [0.1, 0.15) is 5.82 Å². The molecule has 0 amide bonds. The van der Waals surface area contributed by atoms with Crippen LogP contribution in [-0.4, -0.2) is 16.1 Å². The van der Waals surface area contributed by atoms with Gasteiger partial charge in [0.15, 0.2) is 0 Å². The molecular formula is C13H23N3. The van der Waals surface area contributed by atoms with Crippen LogP contribution in [0, 0.1) is 5.92 Å². The van der Waals surface area contributed by atoms with E-state index in [1.165, 1.54) is 17.2 Å². The fourth-order valence-corrected chi connectivity index (χ4v) is 2.51. The average molecular weight is 221 g/mol. The summed E-state index contributed by atoms with van der Waals surface area (Å²) in [5.74, 6) is 1.95. The molecule has 1 N–H and O–H groups in total. The summed E-state index contributed by atoms with van der Waals surface area (Å²) in [6.07, 6.45) is 2.21. The molecule has 0 fully saturated rings. The Morgan fingerprint density at radius 2 is 2.06 bits per heavy atom. The standard InChI is InChI=1S/C13H23N3/c1-9(2)7-13-15-11-8-14-6-5-12(11)16(13)10(3)4/h9-10,14H,5-8H2,1-4H3. The van der Waals surface area contributed by atoms with Crippen molar-refractivity contribution in [1.29, 1.82) is 0 Å². The predicted molar refractivity (Wildman–Crippen MR) is 66.6 cm³/mol. The van der Waals surface area contributed by atoms with E-state index in [1.807, 2.05) is 0 Å². The maximum Gasteiger partial charge on any atom is 0.109 e. The molecule has 0 aliphatic carbocycles. The highest BCUT2D eigenvalue weighted by Gasteiger charge is 2.21. The molecule has 0 radical (unpaired) electrons.